The van der Waals surface area contributed by atoms with Crippen LogP contribution in [0.15, 0.2) is 22.1 Å². The Hall–Kier alpha value is -0.210. The molecule has 7 aliphatic rings. The van der Waals surface area contributed by atoms with Gasteiger partial charge in [0.05, 0.1) is 0 Å². The molecule has 0 aromatic rings. The molecule has 1 N–H and O–H groups in total. The van der Waals surface area contributed by atoms with Gasteiger partial charge in [-0.25, -0.2) is 0 Å². The summed E-state index contributed by atoms with van der Waals surface area (Å²) in [5.41, 5.74) is 3.71. The summed E-state index contributed by atoms with van der Waals surface area (Å²) in [6, 6.07) is 1.78. The predicted molar refractivity (Wildman–Crippen MR) is 137 cm³/mol. The summed E-state index contributed by atoms with van der Waals surface area (Å²) in [5, 5.41) is 5.04. The van der Waals surface area contributed by atoms with Crippen LogP contribution in [0.2, 0.25) is 0 Å². The number of fused-ring (bicyclic) bond motifs is 5. The fourth-order valence-electron chi connectivity index (χ4n) is 9.76. The van der Waals surface area contributed by atoms with E-state index in [-0.39, 0.29) is 0 Å². The molecule has 7 unspecified atom stereocenters. The summed E-state index contributed by atoms with van der Waals surface area (Å²) in [6.45, 7) is 0. The van der Waals surface area contributed by atoms with Crippen LogP contribution in [-0.2, 0) is 0 Å². The maximum atomic E-state index is 4.09. The third kappa shape index (κ3) is 3.69. The Bertz CT molecular complexity index is 774. The van der Waals surface area contributed by atoms with E-state index in [0.717, 1.165) is 52.8 Å². The molecular weight excluding hydrogens is 406 g/mol. The summed E-state index contributed by atoms with van der Waals surface area (Å²) in [4.78, 5) is 1.81. The van der Waals surface area contributed by atoms with Crippen LogP contribution in [0.4, 0.5) is 0 Å². The highest BCUT2D eigenvalue weighted by Gasteiger charge is 2.47. The molecule has 32 heavy (non-hydrogen) atoms. The van der Waals surface area contributed by atoms with Gasteiger partial charge in [-0.2, -0.15) is 0 Å². The zero-order valence-corrected chi connectivity index (χ0v) is 21.0. The molecule has 0 aromatic carbocycles. The summed E-state index contributed by atoms with van der Waals surface area (Å²) < 4.78 is 0. The number of hydrogen-bond donors (Lipinski definition) is 1. The van der Waals surface area contributed by atoms with Gasteiger partial charge in [0.25, 0.3) is 0 Å². The third-order valence-electron chi connectivity index (χ3n) is 11.4. The SMILES string of the molecule is C1=C(C2CCC(C3CCC4NC5CCCCC5C4C3)CC2)CCC2=C1C1CCCCC1S2. The molecule has 1 saturated heterocycles. The van der Waals surface area contributed by atoms with E-state index in [1.807, 2.05) is 16.1 Å². The van der Waals surface area contributed by atoms with E-state index >= 15 is 0 Å². The van der Waals surface area contributed by atoms with Gasteiger partial charge in [0.15, 0.2) is 0 Å². The topological polar surface area (TPSA) is 12.0 Å². The van der Waals surface area contributed by atoms with Crippen LogP contribution < -0.4 is 5.32 Å². The number of rotatable bonds is 2. The molecule has 5 aliphatic carbocycles. The van der Waals surface area contributed by atoms with Crippen LogP contribution in [0.25, 0.3) is 0 Å². The van der Waals surface area contributed by atoms with Crippen molar-refractivity contribution in [3.8, 4) is 0 Å². The van der Waals surface area contributed by atoms with Crippen LogP contribution in [0.3, 0.4) is 0 Å². The monoisotopic (exact) mass is 451 g/mol. The molecule has 0 amide bonds. The lowest BCUT2D eigenvalue weighted by Crippen LogP contribution is -2.37. The lowest BCUT2D eigenvalue weighted by atomic mass is 9.64. The van der Waals surface area contributed by atoms with E-state index in [0.29, 0.717) is 0 Å². The molecule has 7 rings (SSSR count). The van der Waals surface area contributed by atoms with Crippen molar-refractivity contribution in [2.24, 2.45) is 35.5 Å². The quantitative estimate of drug-likeness (QED) is 0.456. The van der Waals surface area contributed by atoms with Crippen molar-refractivity contribution in [3.05, 3.63) is 22.1 Å². The molecule has 1 nitrogen and oxygen atoms in total. The van der Waals surface area contributed by atoms with Crippen LogP contribution in [0.1, 0.15) is 109 Å². The maximum absolute atomic E-state index is 4.09. The summed E-state index contributed by atoms with van der Waals surface area (Å²) >= 11 is 2.29. The molecule has 176 valence electrons. The molecule has 7 atom stereocenters. The third-order valence-corrected chi connectivity index (χ3v) is 13.0. The average molecular weight is 452 g/mol. The highest BCUT2D eigenvalue weighted by atomic mass is 32.2. The van der Waals surface area contributed by atoms with E-state index in [9.17, 15) is 0 Å². The molecular formula is C30H45NS. The lowest BCUT2D eigenvalue weighted by Gasteiger charge is -2.41. The Kier molecular flexibility index (Phi) is 5.79. The predicted octanol–water partition coefficient (Wildman–Crippen LogP) is 8.02. The number of allylic oxidation sites excluding steroid dienone is 4. The normalized spacial score (nSPS) is 48.5. The van der Waals surface area contributed by atoms with Crippen molar-refractivity contribution in [1.29, 1.82) is 0 Å². The summed E-state index contributed by atoms with van der Waals surface area (Å²) in [6.07, 6.45) is 28.2. The van der Waals surface area contributed by atoms with Crippen LogP contribution in [0.5, 0.6) is 0 Å². The summed E-state index contributed by atoms with van der Waals surface area (Å²) in [5.74, 6) is 6.04. The van der Waals surface area contributed by atoms with Gasteiger partial charge in [0.2, 0.25) is 0 Å². The van der Waals surface area contributed by atoms with E-state index in [2.05, 4.69) is 23.2 Å². The van der Waals surface area contributed by atoms with Gasteiger partial charge < -0.3 is 5.32 Å². The smallest absolute Gasteiger partial charge is 0.0160 e. The van der Waals surface area contributed by atoms with Crippen molar-refractivity contribution < 1.29 is 0 Å². The molecule has 0 radical (unpaired) electrons. The highest BCUT2D eigenvalue weighted by Crippen LogP contribution is 2.55. The Morgan fingerprint density at radius 1 is 0.688 bits per heavy atom. The molecule has 0 aromatic heterocycles. The van der Waals surface area contributed by atoms with E-state index in [1.54, 1.807) is 6.42 Å². The minimum atomic E-state index is 0.887. The highest BCUT2D eigenvalue weighted by molar-refractivity contribution is 8.04. The Morgan fingerprint density at radius 2 is 1.47 bits per heavy atom. The molecule has 2 aliphatic heterocycles. The number of nitrogens with one attached hydrogen (secondary N) is 1. The van der Waals surface area contributed by atoms with Crippen molar-refractivity contribution in [2.75, 3.05) is 0 Å². The first kappa shape index (κ1) is 21.1. The Morgan fingerprint density at radius 3 is 2.41 bits per heavy atom. The Balaban J connectivity index is 0.976. The first-order valence-electron chi connectivity index (χ1n) is 14.7. The first-order chi connectivity index (χ1) is 15.8. The van der Waals surface area contributed by atoms with Gasteiger partial charge in [0.1, 0.15) is 0 Å². The molecule has 4 saturated carbocycles. The van der Waals surface area contributed by atoms with Crippen molar-refractivity contribution >= 4 is 11.8 Å². The van der Waals surface area contributed by atoms with Gasteiger partial charge in [-0.15, -0.1) is 11.8 Å². The van der Waals surface area contributed by atoms with Gasteiger partial charge in [-0.1, -0.05) is 37.3 Å². The summed E-state index contributed by atoms with van der Waals surface area (Å²) in [7, 11) is 0. The molecule has 0 spiro atoms. The van der Waals surface area contributed by atoms with Crippen molar-refractivity contribution in [1.82, 2.24) is 5.32 Å². The zero-order valence-electron chi connectivity index (χ0n) is 20.2. The Labute approximate surface area is 201 Å². The molecule has 0 bridgehead atoms. The van der Waals surface area contributed by atoms with E-state index in [1.165, 1.54) is 103 Å². The van der Waals surface area contributed by atoms with E-state index < -0.39 is 0 Å². The molecule has 2 heteroatoms. The minimum absolute atomic E-state index is 0.887. The van der Waals surface area contributed by atoms with Gasteiger partial charge in [-0.05, 0) is 129 Å². The fraction of sp³-hybridized carbons (Fsp3) is 0.867. The average Bonchev–Trinajstić information content (AvgIpc) is 3.41. The zero-order chi connectivity index (χ0) is 21.1. The van der Waals surface area contributed by atoms with Crippen LogP contribution in [-0.4, -0.2) is 17.3 Å². The van der Waals surface area contributed by atoms with Crippen molar-refractivity contribution in [2.45, 2.75) is 126 Å². The second-order valence-electron chi connectivity index (χ2n) is 12.8. The number of hydrogen-bond acceptors (Lipinski definition) is 2. The fourth-order valence-corrected chi connectivity index (χ4v) is 11.4. The minimum Gasteiger partial charge on any atom is -0.311 e. The molecule has 2 heterocycles. The largest absolute Gasteiger partial charge is 0.311 e. The van der Waals surface area contributed by atoms with Crippen molar-refractivity contribution in [3.63, 3.8) is 0 Å². The van der Waals surface area contributed by atoms with Gasteiger partial charge in [0, 0.05) is 17.3 Å². The van der Waals surface area contributed by atoms with Gasteiger partial charge >= 0.3 is 0 Å². The lowest BCUT2D eigenvalue weighted by molar-refractivity contribution is 0.117. The standard InChI is InChI=1S/C30H45NS/c1-3-7-27-23(5-1)25-17-21(13-15-28(25)31-27)19-9-11-20(12-10-19)22-14-16-30-26(18-22)24-6-2-4-8-29(24)32-30/h18-21,23-25,27-29,31H,1-17H2. The maximum Gasteiger partial charge on any atom is 0.0160 e. The second-order valence-corrected chi connectivity index (χ2v) is 14.2. The van der Waals surface area contributed by atoms with Crippen LogP contribution >= 0.6 is 11.8 Å². The second kappa shape index (κ2) is 8.78. The number of thioether (sulfide) groups is 1. The van der Waals surface area contributed by atoms with Gasteiger partial charge in [-0.3, -0.25) is 0 Å². The van der Waals surface area contributed by atoms with E-state index in [4.69, 9.17) is 0 Å². The van der Waals surface area contributed by atoms with Crippen LogP contribution in [0, 0.1) is 35.5 Å². The molecule has 5 fully saturated rings. The first-order valence-corrected chi connectivity index (χ1v) is 15.6.